The minimum atomic E-state index is 0.652. The van der Waals surface area contributed by atoms with Crippen LogP contribution in [0, 0.1) is 5.92 Å². The van der Waals surface area contributed by atoms with Crippen LogP contribution in [-0.4, -0.2) is 24.1 Å². The van der Waals surface area contributed by atoms with Gasteiger partial charge in [-0.15, -0.1) is 0 Å². The molecule has 1 aliphatic heterocycles. The van der Waals surface area contributed by atoms with E-state index in [2.05, 4.69) is 49.2 Å². The molecule has 100 valence electrons. The summed E-state index contributed by atoms with van der Waals surface area (Å²) in [6, 6.07) is 6.95. The van der Waals surface area contributed by atoms with Gasteiger partial charge in [0.15, 0.2) is 0 Å². The summed E-state index contributed by atoms with van der Waals surface area (Å²) in [6.07, 6.45) is 3.72. The Hall–Kier alpha value is -1.25. The third-order valence-corrected chi connectivity index (χ3v) is 3.65. The first-order chi connectivity index (χ1) is 8.72. The molecule has 1 unspecified atom stereocenters. The van der Waals surface area contributed by atoms with Crippen LogP contribution in [0.1, 0.15) is 40.0 Å². The van der Waals surface area contributed by atoms with Gasteiger partial charge in [-0.3, -0.25) is 0 Å². The van der Waals surface area contributed by atoms with Gasteiger partial charge >= 0.3 is 0 Å². The fraction of sp³-hybridized carbons (Fsp3) is 0.667. The Labute approximate surface area is 111 Å². The Morgan fingerprint density at radius 3 is 3.00 bits per heavy atom. The van der Waals surface area contributed by atoms with E-state index in [0.717, 1.165) is 31.1 Å². The molecule has 0 aliphatic carbocycles. The molecule has 0 bridgehead atoms. The Bertz CT molecular complexity index is 376. The maximum Gasteiger partial charge on any atom is 0.131 e. The van der Waals surface area contributed by atoms with Gasteiger partial charge in [-0.1, -0.05) is 26.8 Å². The highest BCUT2D eigenvalue weighted by atomic mass is 15.2. The number of pyridine rings is 1. The van der Waals surface area contributed by atoms with Crippen molar-refractivity contribution in [2.45, 2.75) is 46.1 Å². The molecule has 0 amide bonds. The normalized spacial score (nSPS) is 19.6. The molecule has 1 fully saturated rings. The summed E-state index contributed by atoms with van der Waals surface area (Å²) < 4.78 is 0. The molecule has 3 heteroatoms. The van der Waals surface area contributed by atoms with Gasteiger partial charge in [0, 0.05) is 19.1 Å². The lowest BCUT2D eigenvalue weighted by molar-refractivity contribution is 0.490. The standard InChI is InChI=1S/C15H25N3/c1-4-10-16-14-8-5-9-15(17-14)18-11-6-7-13(18)12(2)3/h5,8-9,12-13H,4,6-7,10-11H2,1-3H3,(H,16,17). The Balaban J connectivity index is 2.12. The largest absolute Gasteiger partial charge is 0.370 e. The SMILES string of the molecule is CCCNc1cccc(N2CCCC2C(C)C)n1. The quantitative estimate of drug-likeness (QED) is 0.862. The molecule has 1 aromatic rings. The van der Waals surface area contributed by atoms with E-state index in [-0.39, 0.29) is 0 Å². The van der Waals surface area contributed by atoms with Gasteiger partial charge in [0.1, 0.15) is 11.6 Å². The van der Waals surface area contributed by atoms with E-state index >= 15 is 0 Å². The molecule has 0 radical (unpaired) electrons. The summed E-state index contributed by atoms with van der Waals surface area (Å²) in [6.45, 7) is 8.92. The minimum absolute atomic E-state index is 0.652. The summed E-state index contributed by atoms with van der Waals surface area (Å²) in [5.74, 6) is 2.83. The number of hydrogen-bond donors (Lipinski definition) is 1. The molecule has 3 nitrogen and oxygen atoms in total. The number of hydrogen-bond acceptors (Lipinski definition) is 3. The first-order valence-corrected chi connectivity index (χ1v) is 7.20. The van der Waals surface area contributed by atoms with Crippen LogP contribution in [0.15, 0.2) is 18.2 Å². The molecule has 1 aromatic heterocycles. The summed E-state index contributed by atoms with van der Waals surface area (Å²) in [4.78, 5) is 7.21. The first-order valence-electron chi connectivity index (χ1n) is 7.20. The predicted molar refractivity (Wildman–Crippen MR) is 78.2 cm³/mol. The fourth-order valence-corrected chi connectivity index (χ4v) is 2.70. The lowest BCUT2D eigenvalue weighted by Gasteiger charge is -2.29. The maximum absolute atomic E-state index is 4.74. The topological polar surface area (TPSA) is 28.2 Å². The summed E-state index contributed by atoms with van der Waals surface area (Å²) in [5.41, 5.74) is 0. The molecule has 1 N–H and O–H groups in total. The molecule has 18 heavy (non-hydrogen) atoms. The Morgan fingerprint density at radius 1 is 1.44 bits per heavy atom. The molecule has 1 saturated heterocycles. The van der Waals surface area contributed by atoms with Gasteiger partial charge in [-0.25, -0.2) is 4.98 Å². The number of nitrogens with one attached hydrogen (secondary N) is 1. The van der Waals surface area contributed by atoms with Crippen LogP contribution in [0.25, 0.3) is 0 Å². The number of anilines is 2. The summed E-state index contributed by atoms with van der Waals surface area (Å²) in [7, 11) is 0. The van der Waals surface area contributed by atoms with Crippen molar-refractivity contribution >= 4 is 11.6 Å². The zero-order valence-electron chi connectivity index (χ0n) is 11.8. The van der Waals surface area contributed by atoms with Crippen LogP contribution < -0.4 is 10.2 Å². The Kier molecular flexibility index (Phi) is 4.45. The van der Waals surface area contributed by atoms with E-state index in [1.165, 1.54) is 12.8 Å². The van der Waals surface area contributed by atoms with E-state index in [1.807, 2.05) is 0 Å². The third kappa shape index (κ3) is 2.95. The zero-order valence-corrected chi connectivity index (χ0v) is 11.8. The van der Waals surface area contributed by atoms with Gasteiger partial charge in [0.05, 0.1) is 0 Å². The highest BCUT2D eigenvalue weighted by Crippen LogP contribution is 2.28. The Morgan fingerprint density at radius 2 is 2.28 bits per heavy atom. The van der Waals surface area contributed by atoms with Crippen LogP contribution in [-0.2, 0) is 0 Å². The highest BCUT2D eigenvalue weighted by molar-refractivity contribution is 5.48. The van der Waals surface area contributed by atoms with E-state index in [0.29, 0.717) is 12.0 Å². The van der Waals surface area contributed by atoms with Crippen molar-refractivity contribution in [3.05, 3.63) is 18.2 Å². The maximum atomic E-state index is 4.74. The van der Waals surface area contributed by atoms with E-state index in [9.17, 15) is 0 Å². The van der Waals surface area contributed by atoms with Crippen molar-refractivity contribution in [3.63, 3.8) is 0 Å². The lowest BCUT2D eigenvalue weighted by Crippen LogP contribution is -2.34. The molecular weight excluding hydrogens is 222 g/mol. The van der Waals surface area contributed by atoms with Gasteiger partial charge in [0.25, 0.3) is 0 Å². The average molecular weight is 247 g/mol. The molecule has 1 aliphatic rings. The second-order valence-electron chi connectivity index (χ2n) is 5.45. The summed E-state index contributed by atoms with van der Waals surface area (Å²) >= 11 is 0. The van der Waals surface area contributed by atoms with E-state index < -0.39 is 0 Å². The van der Waals surface area contributed by atoms with Crippen LogP contribution in [0.3, 0.4) is 0 Å². The molecular formula is C15H25N3. The van der Waals surface area contributed by atoms with Crippen molar-refractivity contribution in [2.24, 2.45) is 5.92 Å². The molecule has 0 saturated carbocycles. The van der Waals surface area contributed by atoms with Crippen LogP contribution in [0.5, 0.6) is 0 Å². The third-order valence-electron chi connectivity index (χ3n) is 3.65. The van der Waals surface area contributed by atoms with Crippen LogP contribution in [0.4, 0.5) is 11.6 Å². The highest BCUT2D eigenvalue weighted by Gasteiger charge is 2.27. The number of aromatic nitrogens is 1. The van der Waals surface area contributed by atoms with Crippen molar-refractivity contribution in [2.75, 3.05) is 23.3 Å². The number of rotatable bonds is 5. The van der Waals surface area contributed by atoms with Crippen molar-refractivity contribution < 1.29 is 0 Å². The van der Waals surface area contributed by atoms with Crippen LogP contribution >= 0.6 is 0 Å². The minimum Gasteiger partial charge on any atom is -0.370 e. The second kappa shape index (κ2) is 6.07. The molecule has 2 rings (SSSR count). The van der Waals surface area contributed by atoms with Gasteiger partial charge < -0.3 is 10.2 Å². The first kappa shape index (κ1) is 13.2. The fourth-order valence-electron chi connectivity index (χ4n) is 2.70. The molecule has 1 atom stereocenters. The molecule has 0 aromatic carbocycles. The van der Waals surface area contributed by atoms with Gasteiger partial charge in [-0.2, -0.15) is 0 Å². The zero-order chi connectivity index (χ0) is 13.0. The van der Waals surface area contributed by atoms with Crippen molar-refractivity contribution in [3.8, 4) is 0 Å². The van der Waals surface area contributed by atoms with Crippen LogP contribution in [0.2, 0.25) is 0 Å². The van der Waals surface area contributed by atoms with Crippen molar-refractivity contribution in [1.82, 2.24) is 4.98 Å². The second-order valence-corrected chi connectivity index (χ2v) is 5.45. The molecule has 2 heterocycles. The lowest BCUT2D eigenvalue weighted by atomic mass is 10.0. The predicted octanol–water partition coefficient (Wildman–Crippen LogP) is 3.53. The van der Waals surface area contributed by atoms with Gasteiger partial charge in [0.2, 0.25) is 0 Å². The van der Waals surface area contributed by atoms with E-state index in [4.69, 9.17) is 4.98 Å². The average Bonchev–Trinajstić information content (AvgIpc) is 2.86. The smallest absolute Gasteiger partial charge is 0.131 e. The summed E-state index contributed by atoms with van der Waals surface area (Å²) in [5, 5.41) is 3.36. The van der Waals surface area contributed by atoms with Crippen molar-refractivity contribution in [1.29, 1.82) is 0 Å². The molecule has 0 spiro atoms. The number of nitrogens with zero attached hydrogens (tertiary/aromatic N) is 2. The van der Waals surface area contributed by atoms with E-state index in [1.54, 1.807) is 0 Å². The monoisotopic (exact) mass is 247 g/mol. The van der Waals surface area contributed by atoms with Gasteiger partial charge in [-0.05, 0) is 37.3 Å².